The molecule has 9 heteroatoms. The molecule has 0 saturated heterocycles. The van der Waals surface area contributed by atoms with Crippen LogP contribution in [0.2, 0.25) is 5.02 Å². The fourth-order valence-electron chi connectivity index (χ4n) is 3.61. The van der Waals surface area contributed by atoms with E-state index < -0.39 is 23.0 Å². The highest BCUT2D eigenvalue weighted by Crippen LogP contribution is 2.27. The molecule has 3 aromatic rings. The van der Waals surface area contributed by atoms with Gasteiger partial charge in [-0.05, 0) is 61.6 Å². The number of nitrogens with zero attached hydrogens (tertiary/aromatic N) is 3. The molecule has 0 saturated carbocycles. The van der Waals surface area contributed by atoms with Gasteiger partial charge < -0.3 is 5.73 Å². The quantitative estimate of drug-likeness (QED) is 0.310. The zero-order chi connectivity index (χ0) is 25.7. The number of nitrogen functional groups attached to an aromatic ring is 1. The number of benzene rings is 1. The van der Waals surface area contributed by atoms with Gasteiger partial charge in [0.25, 0.3) is 5.56 Å². The first-order valence-corrected chi connectivity index (χ1v) is 11.1. The number of hydrogen-bond donors (Lipinski definition) is 1. The SMILES string of the molecule is C/C=C/N=C(/C(F)=C/n1c(C)cc(C(C)Cc2cncc(F)c2)c(Cl)c1=O)c1cccc(N)c1F. The minimum Gasteiger partial charge on any atom is -0.396 e. The van der Waals surface area contributed by atoms with Crippen LogP contribution in [0, 0.1) is 18.6 Å². The van der Waals surface area contributed by atoms with Crippen LogP contribution in [0.5, 0.6) is 0 Å². The molecule has 1 atom stereocenters. The van der Waals surface area contributed by atoms with Gasteiger partial charge in [-0.15, -0.1) is 0 Å². The Kier molecular flexibility index (Phi) is 8.30. The maximum atomic E-state index is 15.4. The Labute approximate surface area is 206 Å². The third kappa shape index (κ3) is 5.89. The van der Waals surface area contributed by atoms with Crippen molar-refractivity contribution in [3.63, 3.8) is 0 Å². The summed E-state index contributed by atoms with van der Waals surface area (Å²) in [6, 6.07) is 7.20. The molecule has 2 heterocycles. The van der Waals surface area contributed by atoms with Gasteiger partial charge in [-0.25, -0.2) is 13.2 Å². The third-order valence-corrected chi connectivity index (χ3v) is 5.72. The van der Waals surface area contributed by atoms with Gasteiger partial charge in [0.15, 0.2) is 11.6 Å². The molecule has 5 nitrogen and oxygen atoms in total. The van der Waals surface area contributed by atoms with Gasteiger partial charge in [-0.3, -0.25) is 19.3 Å². The van der Waals surface area contributed by atoms with E-state index in [2.05, 4.69) is 9.98 Å². The lowest BCUT2D eigenvalue weighted by atomic mass is 9.94. The highest BCUT2D eigenvalue weighted by molar-refractivity contribution is 6.31. The number of hydrogen-bond acceptors (Lipinski definition) is 4. The third-order valence-electron chi connectivity index (χ3n) is 5.34. The van der Waals surface area contributed by atoms with E-state index in [4.69, 9.17) is 17.3 Å². The fourth-order valence-corrected chi connectivity index (χ4v) is 3.95. The van der Waals surface area contributed by atoms with Crippen molar-refractivity contribution in [2.45, 2.75) is 33.1 Å². The Morgan fingerprint density at radius 1 is 1.29 bits per heavy atom. The summed E-state index contributed by atoms with van der Waals surface area (Å²) >= 11 is 6.38. The van der Waals surface area contributed by atoms with Crippen molar-refractivity contribution in [3.8, 4) is 0 Å². The number of anilines is 1. The van der Waals surface area contributed by atoms with E-state index in [0.717, 1.165) is 17.0 Å². The topological polar surface area (TPSA) is 73.3 Å². The van der Waals surface area contributed by atoms with E-state index in [0.29, 0.717) is 23.2 Å². The van der Waals surface area contributed by atoms with Crippen molar-refractivity contribution in [1.29, 1.82) is 0 Å². The molecule has 182 valence electrons. The van der Waals surface area contributed by atoms with Gasteiger partial charge in [-0.2, -0.15) is 0 Å². The molecular weight excluding hydrogens is 477 g/mol. The molecule has 2 aromatic heterocycles. The molecule has 0 fully saturated rings. The van der Waals surface area contributed by atoms with E-state index in [1.807, 2.05) is 6.92 Å². The summed E-state index contributed by atoms with van der Waals surface area (Å²) in [7, 11) is 0. The summed E-state index contributed by atoms with van der Waals surface area (Å²) in [5, 5.41) is -0.0985. The van der Waals surface area contributed by atoms with Crippen LogP contribution in [0.1, 0.15) is 42.1 Å². The van der Waals surface area contributed by atoms with Crippen LogP contribution in [-0.4, -0.2) is 15.3 Å². The van der Waals surface area contributed by atoms with Crippen molar-refractivity contribution in [2.24, 2.45) is 4.99 Å². The number of aryl methyl sites for hydroxylation is 1. The van der Waals surface area contributed by atoms with E-state index >= 15 is 4.39 Å². The fraction of sp³-hybridized carbons (Fsp3) is 0.192. The first kappa shape index (κ1) is 26.0. The van der Waals surface area contributed by atoms with Crippen LogP contribution in [0.4, 0.5) is 18.9 Å². The van der Waals surface area contributed by atoms with Gasteiger partial charge in [0, 0.05) is 23.7 Å². The van der Waals surface area contributed by atoms with Crippen LogP contribution < -0.4 is 11.3 Å². The standard InChI is InChI=1S/C26H24ClF3N4O/c1-4-8-33-25(19-6-5-7-22(31)24(19)30)21(29)14-34-16(3)10-20(23(27)26(34)35)15(2)9-17-11-18(28)13-32-12-17/h4-8,10-15H,9,31H2,1-3H3/b8-4+,21-14-,33-25+. The van der Waals surface area contributed by atoms with E-state index in [1.54, 1.807) is 32.2 Å². The van der Waals surface area contributed by atoms with Gasteiger partial charge in [0.2, 0.25) is 0 Å². The molecule has 0 aliphatic heterocycles. The molecule has 1 unspecified atom stereocenters. The average molecular weight is 501 g/mol. The second-order valence-corrected chi connectivity index (χ2v) is 8.37. The first-order chi connectivity index (χ1) is 16.6. The molecule has 0 bridgehead atoms. The van der Waals surface area contributed by atoms with Gasteiger partial charge in [0.05, 0.1) is 18.1 Å². The summed E-state index contributed by atoms with van der Waals surface area (Å²) in [4.78, 5) is 20.9. The number of halogens is 4. The monoisotopic (exact) mass is 500 g/mol. The molecule has 0 amide bonds. The maximum Gasteiger partial charge on any atom is 0.273 e. The van der Waals surface area contributed by atoms with E-state index in [-0.39, 0.29) is 27.9 Å². The van der Waals surface area contributed by atoms with Crippen molar-refractivity contribution >= 4 is 29.2 Å². The smallest absolute Gasteiger partial charge is 0.273 e. The average Bonchev–Trinajstić information content (AvgIpc) is 2.81. The van der Waals surface area contributed by atoms with Crippen LogP contribution in [-0.2, 0) is 6.42 Å². The number of nitrogens with two attached hydrogens (primary N) is 1. The highest BCUT2D eigenvalue weighted by atomic mass is 35.5. The van der Waals surface area contributed by atoms with Gasteiger partial charge in [0.1, 0.15) is 16.6 Å². The number of aliphatic imine (C=N–C) groups is 1. The van der Waals surface area contributed by atoms with Crippen molar-refractivity contribution < 1.29 is 13.2 Å². The zero-order valence-corrected chi connectivity index (χ0v) is 20.2. The largest absolute Gasteiger partial charge is 0.396 e. The normalized spacial score (nSPS) is 13.5. The second-order valence-electron chi connectivity index (χ2n) is 7.99. The Balaban J connectivity index is 2.04. The number of allylic oxidation sites excluding steroid dienone is 2. The highest BCUT2D eigenvalue weighted by Gasteiger charge is 2.20. The summed E-state index contributed by atoms with van der Waals surface area (Å²) < 4.78 is 44.5. The number of aromatic nitrogens is 2. The predicted molar refractivity (Wildman–Crippen MR) is 134 cm³/mol. The molecule has 2 N–H and O–H groups in total. The molecule has 0 aliphatic carbocycles. The zero-order valence-electron chi connectivity index (χ0n) is 19.4. The van der Waals surface area contributed by atoms with Crippen LogP contribution in [0.15, 0.2) is 70.6 Å². The van der Waals surface area contributed by atoms with Crippen molar-refractivity contribution in [3.05, 3.63) is 110 Å². The van der Waals surface area contributed by atoms with Crippen LogP contribution in [0.3, 0.4) is 0 Å². The van der Waals surface area contributed by atoms with Gasteiger partial charge >= 0.3 is 0 Å². The lowest BCUT2D eigenvalue weighted by molar-refractivity contribution is 0.615. The lowest BCUT2D eigenvalue weighted by Gasteiger charge is -2.16. The number of rotatable bonds is 7. The molecule has 35 heavy (non-hydrogen) atoms. The molecule has 0 spiro atoms. The van der Waals surface area contributed by atoms with Crippen LogP contribution >= 0.6 is 11.6 Å². The summed E-state index contributed by atoms with van der Waals surface area (Å²) in [6.07, 6.45) is 6.82. The summed E-state index contributed by atoms with van der Waals surface area (Å²) in [6.45, 7) is 5.13. The Morgan fingerprint density at radius 2 is 2.03 bits per heavy atom. The van der Waals surface area contributed by atoms with E-state index in [1.165, 1.54) is 30.5 Å². The predicted octanol–water partition coefficient (Wildman–Crippen LogP) is 6.20. The van der Waals surface area contributed by atoms with E-state index in [9.17, 15) is 13.6 Å². The lowest BCUT2D eigenvalue weighted by Crippen LogP contribution is -2.22. The molecule has 1 aromatic carbocycles. The van der Waals surface area contributed by atoms with Crippen LogP contribution in [0.25, 0.3) is 6.20 Å². The number of pyridine rings is 2. The second kappa shape index (κ2) is 11.2. The first-order valence-electron chi connectivity index (χ1n) is 10.8. The van der Waals surface area contributed by atoms with Gasteiger partial charge in [-0.1, -0.05) is 30.7 Å². The minimum absolute atomic E-state index is 0.0985. The minimum atomic E-state index is -0.958. The maximum absolute atomic E-state index is 15.4. The molecular formula is C26H24ClF3N4O. The Hall–Kier alpha value is -3.65. The Morgan fingerprint density at radius 3 is 2.71 bits per heavy atom. The molecule has 0 aliphatic rings. The Bertz CT molecular complexity index is 1400. The van der Waals surface area contributed by atoms with Crippen molar-refractivity contribution in [2.75, 3.05) is 5.73 Å². The molecule has 0 radical (unpaired) electrons. The van der Waals surface area contributed by atoms with Crippen molar-refractivity contribution in [1.82, 2.24) is 9.55 Å². The summed E-state index contributed by atoms with van der Waals surface area (Å²) in [5.74, 6) is -2.48. The molecule has 3 rings (SSSR count). The summed E-state index contributed by atoms with van der Waals surface area (Å²) in [5.41, 5.74) is 5.92.